The summed E-state index contributed by atoms with van der Waals surface area (Å²) in [5.41, 5.74) is 0. The first-order chi connectivity index (χ1) is 5.91. The molecule has 0 aliphatic heterocycles. The monoisotopic (exact) mass is 168 g/mol. The van der Waals surface area contributed by atoms with Gasteiger partial charge in [0.2, 0.25) is 0 Å². The molecule has 0 saturated carbocycles. The van der Waals surface area contributed by atoms with Crippen molar-refractivity contribution in [1.82, 2.24) is 0 Å². The first kappa shape index (κ1) is 11.3. The fraction of sp³-hybridized carbons (Fsp3) is 0.800. The standard InChI is InChI=1S/C10H20N2/c1-3-11-9-7-5-6-8-10-12-4-2/h3-4H,5-10H2,1-2H3. The van der Waals surface area contributed by atoms with Gasteiger partial charge in [-0.3, -0.25) is 9.98 Å². The Hall–Kier alpha value is -0.660. The SMILES string of the molecule is CC=NCCCCCCN=CC. The van der Waals surface area contributed by atoms with Crippen molar-refractivity contribution in [2.45, 2.75) is 39.5 Å². The average Bonchev–Trinajstić information content (AvgIpc) is 2.10. The van der Waals surface area contributed by atoms with Crippen molar-refractivity contribution in [3.63, 3.8) is 0 Å². The van der Waals surface area contributed by atoms with Crippen molar-refractivity contribution in [1.29, 1.82) is 0 Å². The van der Waals surface area contributed by atoms with E-state index in [0.29, 0.717) is 0 Å². The maximum atomic E-state index is 4.15. The van der Waals surface area contributed by atoms with Crippen LogP contribution in [0.2, 0.25) is 0 Å². The van der Waals surface area contributed by atoms with Gasteiger partial charge in [-0.1, -0.05) is 12.8 Å². The summed E-state index contributed by atoms with van der Waals surface area (Å²) in [6.45, 7) is 5.92. The zero-order chi connectivity index (χ0) is 9.07. The lowest BCUT2D eigenvalue weighted by Gasteiger charge is -1.95. The zero-order valence-corrected chi connectivity index (χ0v) is 8.29. The molecular formula is C10H20N2. The van der Waals surface area contributed by atoms with Gasteiger partial charge in [-0.25, -0.2) is 0 Å². The molecule has 0 aromatic carbocycles. The Balaban J connectivity index is 2.91. The van der Waals surface area contributed by atoms with Crippen molar-refractivity contribution in [2.24, 2.45) is 9.98 Å². The summed E-state index contributed by atoms with van der Waals surface area (Å²) in [6, 6.07) is 0. The van der Waals surface area contributed by atoms with Crippen molar-refractivity contribution >= 4 is 12.4 Å². The smallest absolute Gasteiger partial charge is 0.0385 e. The van der Waals surface area contributed by atoms with Crippen molar-refractivity contribution in [3.8, 4) is 0 Å². The molecule has 0 atom stereocenters. The third-order valence-corrected chi connectivity index (χ3v) is 1.69. The third kappa shape index (κ3) is 9.34. The molecule has 0 fully saturated rings. The molecule has 2 heteroatoms. The Kier molecular flexibility index (Phi) is 9.77. The van der Waals surface area contributed by atoms with Crippen LogP contribution in [0.1, 0.15) is 39.5 Å². The Morgan fingerprint density at radius 3 is 1.50 bits per heavy atom. The van der Waals surface area contributed by atoms with Crippen LogP contribution in [0.4, 0.5) is 0 Å². The minimum Gasteiger partial charge on any atom is -0.298 e. The summed E-state index contributed by atoms with van der Waals surface area (Å²) in [7, 11) is 0. The molecule has 0 spiro atoms. The number of aliphatic imine (C=N–C) groups is 2. The molecule has 0 aliphatic rings. The van der Waals surface area contributed by atoms with Gasteiger partial charge in [-0.05, 0) is 39.1 Å². The summed E-state index contributed by atoms with van der Waals surface area (Å²) in [5.74, 6) is 0. The van der Waals surface area contributed by atoms with E-state index >= 15 is 0 Å². The van der Waals surface area contributed by atoms with Crippen LogP contribution in [0.15, 0.2) is 9.98 Å². The van der Waals surface area contributed by atoms with Gasteiger partial charge in [0.25, 0.3) is 0 Å². The van der Waals surface area contributed by atoms with E-state index in [2.05, 4.69) is 9.98 Å². The minimum absolute atomic E-state index is 0.994. The molecule has 0 aromatic heterocycles. The van der Waals surface area contributed by atoms with E-state index in [1.54, 1.807) is 0 Å². The molecule has 0 unspecified atom stereocenters. The lowest BCUT2D eigenvalue weighted by Crippen LogP contribution is -1.85. The molecule has 0 heterocycles. The normalized spacial score (nSPS) is 11.8. The second-order valence-electron chi connectivity index (χ2n) is 2.74. The Morgan fingerprint density at radius 2 is 1.17 bits per heavy atom. The summed E-state index contributed by atoms with van der Waals surface area (Å²) in [5, 5.41) is 0. The Bertz CT molecular complexity index is 112. The number of nitrogens with zero attached hydrogens (tertiary/aromatic N) is 2. The van der Waals surface area contributed by atoms with Gasteiger partial charge in [0.05, 0.1) is 0 Å². The Morgan fingerprint density at radius 1 is 0.750 bits per heavy atom. The lowest BCUT2D eigenvalue weighted by atomic mass is 10.2. The predicted octanol–water partition coefficient (Wildman–Crippen LogP) is 2.73. The van der Waals surface area contributed by atoms with Gasteiger partial charge in [-0.15, -0.1) is 0 Å². The molecule has 0 saturated heterocycles. The van der Waals surface area contributed by atoms with Gasteiger partial charge in [0, 0.05) is 13.1 Å². The maximum absolute atomic E-state index is 4.15. The lowest BCUT2D eigenvalue weighted by molar-refractivity contribution is 0.655. The number of hydrogen-bond acceptors (Lipinski definition) is 2. The number of unbranched alkanes of at least 4 members (excludes halogenated alkanes) is 3. The predicted molar refractivity (Wildman–Crippen MR) is 56.5 cm³/mol. The van der Waals surface area contributed by atoms with Crippen LogP contribution in [0.5, 0.6) is 0 Å². The highest BCUT2D eigenvalue weighted by Crippen LogP contribution is 1.99. The van der Waals surface area contributed by atoms with E-state index in [1.165, 1.54) is 25.7 Å². The second kappa shape index (κ2) is 10.3. The fourth-order valence-electron chi connectivity index (χ4n) is 1.02. The largest absolute Gasteiger partial charge is 0.298 e. The molecule has 0 rings (SSSR count). The van der Waals surface area contributed by atoms with Gasteiger partial charge in [-0.2, -0.15) is 0 Å². The van der Waals surface area contributed by atoms with Gasteiger partial charge < -0.3 is 0 Å². The van der Waals surface area contributed by atoms with E-state index in [4.69, 9.17) is 0 Å². The fourth-order valence-corrected chi connectivity index (χ4v) is 1.02. The topological polar surface area (TPSA) is 24.7 Å². The molecule has 0 aliphatic carbocycles. The van der Waals surface area contributed by atoms with E-state index < -0.39 is 0 Å². The minimum atomic E-state index is 0.994. The van der Waals surface area contributed by atoms with Crippen LogP contribution in [0, 0.1) is 0 Å². The summed E-state index contributed by atoms with van der Waals surface area (Å²) < 4.78 is 0. The highest BCUT2D eigenvalue weighted by Gasteiger charge is 1.86. The molecule has 12 heavy (non-hydrogen) atoms. The highest BCUT2D eigenvalue weighted by molar-refractivity contribution is 5.53. The second-order valence-corrected chi connectivity index (χ2v) is 2.74. The molecule has 70 valence electrons. The number of rotatable bonds is 7. The van der Waals surface area contributed by atoms with Gasteiger partial charge in [0.15, 0.2) is 0 Å². The van der Waals surface area contributed by atoms with Gasteiger partial charge in [0.1, 0.15) is 0 Å². The summed E-state index contributed by atoms with van der Waals surface area (Å²) in [4.78, 5) is 8.30. The Labute approximate surface area is 75.8 Å². The maximum Gasteiger partial charge on any atom is 0.0385 e. The molecule has 0 amide bonds. The van der Waals surface area contributed by atoms with E-state index in [9.17, 15) is 0 Å². The van der Waals surface area contributed by atoms with Crippen LogP contribution < -0.4 is 0 Å². The molecule has 0 N–H and O–H groups in total. The number of hydrogen-bond donors (Lipinski definition) is 0. The van der Waals surface area contributed by atoms with Crippen LogP contribution in [-0.4, -0.2) is 25.5 Å². The van der Waals surface area contributed by atoms with Crippen LogP contribution in [0.3, 0.4) is 0 Å². The zero-order valence-electron chi connectivity index (χ0n) is 8.29. The van der Waals surface area contributed by atoms with Crippen LogP contribution >= 0.6 is 0 Å². The molecule has 2 nitrogen and oxygen atoms in total. The van der Waals surface area contributed by atoms with Crippen LogP contribution in [0.25, 0.3) is 0 Å². The first-order valence-corrected chi connectivity index (χ1v) is 4.80. The van der Waals surface area contributed by atoms with Crippen molar-refractivity contribution in [3.05, 3.63) is 0 Å². The van der Waals surface area contributed by atoms with E-state index in [-0.39, 0.29) is 0 Å². The summed E-state index contributed by atoms with van der Waals surface area (Å²) in [6.07, 6.45) is 8.77. The third-order valence-electron chi connectivity index (χ3n) is 1.69. The average molecular weight is 168 g/mol. The molecule has 0 bridgehead atoms. The van der Waals surface area contributed by atoms with E-state index in [0.717, 1.165) is 13.1 Å². The van der Waals surface area contributed by atoms with E-state index in [1.807, 2.05) is 26.3 Å². The van der Waals surface area contributed by atoms with Gasteiger partial charge >= 0.3 is 0 Å². The molecule has 0 aromatic rings. The highest BCUT2D eigenvalue weighted by atomic mass is 14.7. The first-order valence-electron chi connectivity index (χ1n) is 4.80. The van der Waals surface area contributed by atoms with Crippen molar-refractivity contribution < 1.29 is 0 Å². The molecule has 0 radical (unpaired) electrons. The quantitative estimate of drug-likeness (QED) is 0.412. The van der Waals surface area contributed by atoms with Crippen molar-refractivity contribution in [2.75, 3.05) is 13.1 Å². The summed E-state index contributed by atoms with van der Waals surface area (Å²) >= 11 is 0. The molecular weight excluding hydrogens is 148 g/mol. The van der Waals surface area contributed by atoms with Crippen LogP contribution in [-0.2, 0) is 0 Å².